The van der Waals surface area contributed by atoms with Crippen molar-refractivity contribution in [2.45, 2.75) is 12.5 Å². The Bertz CT molecular complexity index is 747. The Hall–Kier alpha value is -2.86. The van der Waals surface area contributed by atoms with Crippen LogP contribution in [0.25, 0.3) is 0 Å². The Labute approximate surface area is 140 Å². The van der Waals surface area contributed by atoms with E-state index >= 15 is 0 Å². The zero-order valence-corrected chi connectivity index (χ0v) is 13.5. The van der Waals surface area contributed by atoms with Crippen molar-refractivity contribution < 1.29 is 9.52 Å². The van der Waals surface area contributed by atoms with Gasteiger partial charge in [-0.25, -0.2) is 9.97 Å². The number of nitrogens with one attached hydrogen (secondary N) is 1. The normalized spacial score (nSPS) is 11.9. The number of hydrogen-bond acceptors (Lipinski definition) is 6. The molecule has 1 atom stereocenters. The summed E-state index contributed by atoms with van der Waals surface area (Å²) in [5, 5.41) is 12.6. The van der Waals surface area contributed by atoms with Crippen molar-refractivity contribution in [2.75, 3.05) is 23.9 Å². The highest BCUT2D eigenvalue weighted by Gasteiger charge is 2.15. The number of hydrogen-bond donors (Lipinski definition) is 2. The van der Waals surface area contributed by atoms with Gasteiger partial charge in [-0.15, -0.1) is 0 Å². The lowest BCUT2D eigenvalue weighted by molar-refractivity contribution is 0.273. The Morgan fingerprint density at radius 1 is 1.17 bits per heavy atom. The molecule has 0 bridgehead atoms. The van der Waals surface area contributed by atoms with Crippen LogP contribution in [0.4, 0.5) is 17.3 Å². The van der Waals surface area contributed by atoms with Crippen molar-refractivity contribution in [1.82, 2.24) is 9.97 Å². The van der Waals surface area contributed by atoms with Crippen molar-refractivity contribution >= 4 is 17.3 Å². The molecule has 3 aromatic rings. The summed E-state index contributed by atoms with van der Waals surface area (Å²) in [6.07, 6.45) is 3.67. The highest BCUT2D eigenvalue weighted by Crippen LogP contribution is 2.25. The number of anilines is 3. The van der Waals surface area contributed by atoms with E-state index < -0.39 is 0 Å². The summed E-state index contributed by atoms with van der Waals surface area (Å²) in [7, 11) is 1.96. The number of aromatic nitrogens is 2. The molecule has 6 nitrogen and oxygen atoms in total. The van der Waals surface area contributed by atoms with Gasteiger partial charge in [-0.1, -0.05) is 18.2 Å². The van der Waals surface area contributed by atoms with Gasteiger partial charge in [0.1, 0.15) is 23.7 Å². The van der Waals surface area contributed by atoms with Crippen LogP contribution in [0.2, 0.25) is 0 Å². The molecular weight excluding hydrogens is 304 g/mol. The number of nitrogens with zero attached hydrogens (tertiary/aromatic N) is 3. The molecule has 1 unspecified atom stereocenters. The van der Waals surface area contributed by atoms with Crippen LogP contribution in [0.3, 0.4) is 0 Å². The lowest BCUT2D eigenvalue weighted by Gasteiger charge is -2.20. The van der Waals surface area contributed by atoms with Crippen molar-refractivity contribution in [2.24, 2.45) is 0 Å². The van der Waals surface area contributed by atoms with Crippen LogP contribution in [-0.4, -0.2) is 28.7 Å². The monoisotopic (exact) mass is 324 g/mol. The van der Waals surface area contributed by atoms with Crippen molar-refractivity contribution in [3.8, 4) is 0 Å². The fourth-order valence-corrected chi connectivity index (χ4v) is 2.48. The molecule has 24 heavy (non-hydrogen) atoms. The van der Waals surface area contributed by atoms with Gasteiger partial charge in [0.05, 0.1) is 12.3 Å². The lowest BCUT2D eigenvalue weighted by Crippen LogP contribution is -2.15. The van der Waals surface area contributed by atoms with Gasteiger partial charge in [0.25, 0.3) is 0 Å². The number of rotatable bonds is 7. The van der Waals surface area contributed by atoms with Crippen LogP contribution < -0.4 is 10.2 Å². The molecule has 0 fully saturated rings. The molecule has 0 saturated carbocycles. The van der Waals surface area contributed by atoms with Gasteiger partial charge >= 0.3 is 0 Å². The number of para-hydroxylation sites is 1. The molecule has 0 aliphatic rings. The molecule has 0 aliphatic carbocycles. The first-order valence-electron chi connectivity index (χ1n) is 7.79. The van der Waals surface area contributed by atoms with Gasteiger partial charge in [0.2, 0.25) is 0 Å². The quantitative estimate of drug-likeness (QED) is 0.694. The highest BCUT2D eigenvalue weighted by atomic mass is 16.3. The van der Waals surface area contributed by atoms with Crippen LogP contribution in [0.1, 0.15) is 18.2 Å². The van der Waals surface area contributed by atoms with Gasteiger partial charge in [-0.05, 0) is 30.7 Å². The van der Waals surface area contributed by atoms with Gasteiger partial charge in [-0.2, -0.15) is 0 Å². The SMILES string of the molecule is CN(c1ccccc1)c1cc(NC(CCO)c2ccco2)ncn1. The summed E-state index contributed by atoms with van der Waals surface area (Å²) >= 11 is 0. The number of aliphatic hydroxyl groups is 1. The van der Waals surface area contributed by atoms with E-state index in [2.05, 4.69) is 15.3 Å². The Balaban J connectivity index is 1.79. The highest BCUT2D eigenvalue weighted by molar-refractivity contribution is 5.61. The van der Waals surface area contributed by atoms with Crippen LogP contribution >= 0.6 is 0 Å². The zero-order chi connectivity index (χ0) is 16.8. The van der Waals surface area contributed by atoms with Crippen LogP contribution in [0.15, 0.2) is 65.5 Å². The van der Waals surface area contributed by atoms with Crippen molar-refractivity contribution in [1.29, 1.82) is 0 Å². The predicted molar refractivity (Wildman–Crippen MR) is 93.3 cm³/mol. The summed E-state index contributed by atoms with van der Waals surface area (Å²) < 4.78 is 5.44. The maximum Gasteiger partial charge on any atom is 0.138 e. The van der Waals surface area contributed by atoms with E-state index in [-0.39, 0.29) is 12.6 Å². The standard InChI is InChI=1S/C18H20N4O2/c1-22(14-6-3-2-4-7-14)18-12-17(19-13-20-18)21-15(9-10-23)16-8-5-11-24-16/h2-8,11-13,15,23H,9-10H2,1H3,(H,19,20,21). The second-order valence-electron chi connectivity index (χ2n) is 5.38. The molecule has 6 heteroatoms. The van der Waals surface area contributed by atoms with E-state index in [9.17, 15) is 5.11 Å². The van der Waals surface area contributed by atoms with Crippen molar-refractivity contribution in [3.05, 3.63) is 66.9 Å². The maximum atomic E-state index is 9.28. The molecule has 0 aliphatic heterocycles. The molecule has 2 heterocycles. The topological polar surface area (TPSA) is 74.4 Å². The third kappa shape index (κ3) is 3.72. The molecule has 2 N–H and O–H groups in total. The van der Waals surface area contributed by atoms with Crippen LogP contribution in [-0.2, 0) is 0 Å². The summed E-state index contributed by atoms with van der Waals surface area (Å²) in [5.74, 6) is 2.22. The van der Waals surface area contributed by atoms with E-state index in [1.54, 1.807) is 6.26 Å². The van der Waals surface area contributed by atoms with E-state index in [4.69, 9.17) is 4.42 Å². The first-order chi connectivity index (χ1) is 11.8. The summed E-state index contributed by atoms with van der Waals surface area (Å²) in [6, 6.07) is 15.4. The Morgan fingerprint density at radius 2 is 2.00 bits per heavy atom. The van der Waals surface area contributed by atoms with Gasteiger partial charge in [-0.3, -0.25) is 0 Å². The first kappa shape index (κ1) is 16.0. The second kappa shape index (κ2) is 7.61. The van der Waals surface area contributed by atoms with E-state index in [0.29, 0.717) is 12.2 Å². The molecule has 1 aromatic carbocycles. The molecule has 124 valence electrons. The second-order valence-corrected chi connectivity index (χ2v) is 5.38. The average Bonchev–Trinajstić information content (AvgIpc) is 3.16. The van der Waals surface area contributed by atoms with Gasteiger partial charge in [0.15, 0.2) is 0 Å². The number of benzene rings is 1. The fraction of sp³-hybridized carbons (Fsp3) is 0.222. The minimum absolute atomic E-state index is 0.0558. The summed E-state index contributed by atoms with van der Waals surface area (Å²) in [5.41, 5.74) is 1.04. The third-order valence-corrected chi connectivity index (χ3v) is 3.77. The molecule has 3 rings (SSSR count). The smallest absolute Gasteiger partial charge is 0.138 e. The van der Waals surface area contributed by atoms with Gasteiger partial charge in [0, 0.05) is 25.4 Å². The molecular formula is C18H20N4O2. The Kier molecular flexibility index (Phi) is 5.08. The third-order valence-electron chi connectivity index (χ3n) is 3.77. The summed E-state index contributed by atoms with van der Waals surface area (Å²) in [6.45, 7) is 0.0558. The van der Waals surface area contributed by atoms with Crippen molar-refractivity contribution in [3.63, 3.8) is 0 Å². The molecule has 0 amide bonds. The molecule has 0 saturated heterocycles. The minimum Gasteiger partial charge on any atom is -0.467 e. The Morgan fingerprint density at radius 3 is 2.71 bits per heavy atom. The fourth-order valence-electron chi connectivity index (χ4n) is 2.48. The maximum absolute atomic E-state index is 9.28. The van der Waals surface area contributed by atoms with E-state index in [1.807, 2.05) is 60.5 Å². The minimum atomic E-state index is -0.144. The van der Waals surface area contributed by atoms with E-state index in [1.165, 1.54) is 6.33 Å². The number of furan rings is 1. The zero-order valence-electron chi connectivity index (χ0n) is 13.5. The average molecular weight is 324 g/mol. The summed E-state index contributed by atoms with van der Waals surface area (Å²) in [4.78, 5) is 10.6. The predicted octanol–water partition coefficient (Wildman–Crippen LogP) is 3.37. The van der Waals surface area contributed by atoms with Gasteiger partial charge < -0.3 is 19.7 Å². The molecule has 0 radical (unpaired) electrons. The number of aliphatic hydroxyl groups excluding tert-OH is 1. The largest absolute Gasteiger partial charge is 0.467 e. The van der Waals surface area contributed by atoms with Crippen LogP contribution in [0, 0.1) is 0 Å². The molecule has 0 spiro atoms. The molecule has 2 aromatic heterocycles. The van der Waals surface area contributed by atoms with Crippen LogP contribution in [0.5, 0.6) is 0 Å². The van der Waals surface area contributed by atoms with E-state index in [0.717, 1.165) is 17.3 Å². The first-order valence-corrected chi connectivity index (χ1v) is 7.79. The lowest BCUT2D eigenvalue weighted by atomic mass is 10.1.